The van der Waals surface area contributed by atoms with Crippen LogP contribution in [0.3, 0.4) is 0 Å². The van der Waals surface area contributed by atoms with E-state index >= 15 is 0 Å². The molecule has 6 heteroatoms. The minimum atomic E-state index is -3.07. The van der Waals surface area contributed by atoms with Crippen LogP contribution in [0, 0.1) is 23.7 Å². The Hall–Kier alpha value is -2.70. The predicted molar refractivity (Wildman–Crippen MR) is 140 cm³/mol. The summed E-state index contributed by atoms with van der Waals surface area (Å²) in [5.41, 5.74) is -0.781. The molecule has 0 radical (unpaired) electrons. The van der Waals surface area contributed by atoms with E-state index in [0.717, 1.165) is 25.7 Å². The first kappa shape index (κ1) is 25.9. The van der Waals surface area contributed by atoms with E-state index in [1.165, 1.54) is 21.1 Å². The zero-order valence-electron chi connectivity index (χ0n) is 20.7. The first-order valence-corrected chi connectivity index (χ1v) is 14.2. The van der Waals surface area contributed by atoms with Gasteiger partial charge in [0.05, 0.1) is 23.1 Å². The van der Waals surface area contributed by atoms with Crippen LogP contribution in [0.5, 0.6) is 0 Å². The van der Waals surface area contributed by atoms with Crippen molar-refractivity contribution in [3.05, 3.63) is 91.0 Å². The SMILES string of the molecule is O=C(OCC1C2CC3CC(C2)CC1(O)C3)C(F)F.c1ccc([S+](c2ccccc2)c2ccccc2)cc1. The second-order valence-corrected chi connectivity index (χ2v) is 12.5. The van der Waals surface area contributed by atoms with Gasteiger partial charge >= 0.3 is 12.4 Å². The van der Waals surface area contributed by atoms with Crippen molar-refractivity contribution in [2.24, 2.45) is 23.7 Å². The summed E-state index contributed by atoms with van der Waals surface area (Å²) in [4.78, 5) is 14.9. The molecule has 3 nitrogen and oxygen atoms in total. The topological polar surface area (TPSA) is 46.5 Å². The normalized spacial score (nSPS) is 27.6. The molecule has 0 amide bonds. The molecule has 4 aliphatic rings. The first-order chi connectivity index (χ1) is 17.9. The third kappa shape index (κ3) is 5.91. The second kappa shape index (κ2) is 11.4. The lowest BCUT2D eigenvalue weighted by Gasteiger charge is -2.58. The monoisotopic (exact) mass is 523 g/mol. The lowest BCUT2D eigenvalue weighted by Crippen LogP contribution is -2.58. The summed E-state index contributed by atoms with van der Waals surface area (Å²) in [6.45, 7) is -0.0518. The first-order valence-electron chi connectivity index (χ1n) is 13.0. The highest BCUT2D eigenvalue weighted by Crippen LogP contribution is 2.58. The summed E-state index contributed by atoms with van der Waals surface area (Å²) < 4.78 is 28.8. The van der Waals surface area contributed by atoms with E-state index in [2.05, 4.69) is 95.7 Å². The summed E-state index contributed by atoms with van der Waals surface area (Å²) in [6.07, 6.45) is 1.72. The number of ether oxygens (including phenoxy) is 1. The maximum atomic E-state index is 12.1. The van der Waals surface area contributed by atoms with Gasteiger partial charge in [-0.25, -0.2) is 4.79 Å². The summed E-state index contributed by atoms with van der Waals surface area (Å²) in [5.74, 6) is -0.115. The number of aliphatic hydroxyl groups is 1. The van der Waals surface area contributed by atoms with Crippen molar-refractivity contribution in [1.82, 2.24) is 0 Å². The zero-order chi connectivity index (χ0) is 25.8. The van der Waals surface area contributed by atoms with Gasteiger partial charge in [-0.1, -0.05) is 54.6 Å². The van der Waals surface area contributed by atoms with Crippen molar-refractivity contribution >= 4 is 16.9 Å². The van der Waals surface area contributed by atoms with Gasteiger partial charge in [0.25, 0.3) is 0 Å². The smallest absolute Gasteiger partial charge is 0.373 e. The highest BCUT2D eigenvalue weighted by molar-refractivity contribution is 7.97. The summed E-state index contributed by atoms with van der Waals surface area (Å²) in [7, 11) is -0.0146. The quantitative estimate of drug-likeness (QED) is 0.287. The Bertz CT molecular complexity index is 1050. The number of hydrogen-bond donors (Lipinski definition) is 1. The molecule has 0 aromatic heterocycles. The Morgan fingerprint density at radius 1 is 0.811 bits per heavy atom. The van der Waals surface area contributed by atoms with Crippen molar-refractivity contribution in [2.45, 2.75) is 58.8 Å². The number of hydrogen-bond acceptors (Lipinski definition) is 3. The van der Waals surface area contributed by atoms with Crippen molar-refractivity contribution in [3.63, 3.8) is 0 Å². The summed E-state index contributed by atoms with van der Waals surface area (Å²) >= 11 is 0. The number of benzene rings is 3. The molecule has 4 aliphatic carbocycles. The maximum Gasteiger partial charge on any atom is 0.373 e. The molecule has 4 saturated carbocycles. The molecule has 3 unspecified atom stereocenters. The molecule has 4 fully saturated rings. The highest BCUT2D eigenvalue weighted by atomic mass is 32.2. The van der Waals surface area contributed by atoms with Crippen LogP contribution in [-0.4, -0.2) is 29.7 Å². The molecule has 0 aliphatic heterocycles. The lowest BCUT2D eigenvalue weighted by atomic mass is 9.50. The molecule has 3 aromatic carbocycles. The van der Waals surface area contributed by atoms with Gasteiger partial charge in [0.15, 0.2) is 14.7 Å². The van der Waals surface area contributed by atoms with Gasteiger partial charge < -0.3 is 9.84 Å². The summed E-state index contributed by atoms with van der Waals surface area (Å²) in [5, 5.41) is 10.6. The fraction of sp³-hybridized carbons (Fsp3) is 0.387. The molecule has 3 aromatic rings. The molecule has 7 rings (SSSR count). The van der Waals surface area contributed by atoms with E-state index < -0.39 is 18.0 Å². The van der Waals surface area contributed by atoms with Crippen LogP contribution in [0.15, 0.2) is 106 Å². The molecule has 4 bridgehead atoms. The predicted octanol–water partition coefficient (Wildman–Crippen LogP) is 6.76. The van der Waals surface area contributed by atoms with Gasteiger partial charge in [0.1, 0.15) is 0 Å². The van der Waals surface area contributed by atoms with Gasteiger partial charge in [-0.3, -0.25) is 0 Å². The van der Waals surface area contributed by atoms with Crippen LogP contribution in [0.4, 0.5) is 8.78 Å². The molecule has 0 spiro atoms. The van der Waals surface area contributed by atoms with Crippen LogP contribution >= 0.6 is 0 Å². The Morgan fingerprint density at radius 2 is 1.24 bits per heavy atom. The number of rotatable bonds is 6. The fourth-order valence-corrected chi connectivity index (χ4v) is 8.81. The summed E-state index contributed by atoms with van der Waals surface area (Å²) in [6, 6.07) is 32.2. The second-order valence-electron chi connectivity index (χ2n) is 10.5. The van der Waals surface area contributed by atoms with E-state index in [1.54, 1.807) is 0 Å². The highest BCUT2D eigenvalue weighted by Gasteiger charge is 2.56. The van der Waals surface area contributed by atoms with Gasteiger partial charge in [-0.15, -0.1) is 0 Å². The van der Waals surface area contributed by atoms with E-state index in [4.69, 9.17) is 0 Å². The van der Waals surface area contributed by atoms with Crippen LogP contribution < -0.4 is 0 Å². The Kier molecular flexibility index (Phi) is 7.96. The van der Waals surface area contributed by atoms with Crippen LogP contribution in [0.25, 0.3) is 0 Å². The van der Waals surface area contributed by atoms with Gasteiger partial charge in [-0.05, 0) is 86.3 Å². The average molecular weight is 524 g/mol. The third-order valence-corrected chi connectivity index (χ3v) is 10.2. The lowest BCUT2D eigenvalue weighted by molar-refractivity contribution is -0.194. The molecule has 3 atom stereocenters. The van der Waals surface area contributed by atoms with Gasteiger partial charge in [0.2, 0.25) is 0 Å². The van der Waals surface area contributed by atoms with E-state index in [1.807, 2.05) is 0 Å². The van der Waals surface area contributed by atoms with Crippen molar-refractivity contribution in [1.29, 1.82) is 0 Å². The largest absolute Gasteiger partial charge is 0.461 e. The molecule has 0 saturated heterocycles. The molecular weight excluding hydrogens is 490 g/mol. The molecule has 194 valence electrons. The number of halogens is 2. The van der Waals surface area contributed by atoms with Crippen molar-refractivity contribution in [3.8, 4) is 0 Å². The average Bonchev–Trinajstić information content (AvgIpc) is 2.90. The van der Waals surface area contributed by atoms with E-state index in [0.29, 0.717) is 17.8 Å². The minimum Gasteiger partial charge on any atom is -0.461 e. The Morgan fingerprint density at radius 3 is 1.62 bits per heavy atom. The van der Waals surface area contributed by atoms with Crippen molar-refractivity contribution in [2.75, 3.05) is 6.61 Å². The number of alkyl halides is 2. The van der Waals surface area contributed by atoms with Gasteiger partial charge in [0, 0.05) is 5.92 Å². The van der Waals surface area contributed by atoms with Gasteiger partial charge in [-0.2, -0.15) is 8.78 Å². The molecule has 37 heavy (non-hydrogen) atoms. The zero-order valence-corrected chi connectivity index (χ0v) is 21.5. The third-order valence-electron chi connectivity index (χ3n) is 8.00. The van der Waals surface area contributed by atoms with Crippen LogP contribution in [-0.2, 0) is 20.4 Å². The Labute approximate surface area is 220 Å². The van der Waals surface area contributed by atoms with E-state index in [9.17, 15) is 18.7 Å². The number of carbonyl (C=O) groups excluding carboxylic acids is 1. The Balaban J connectivity index is 0.000000152. The van der Waals surface area contributed by atoms with Crippen LogP contribution in [0.1, 0.15) is 32.1 Å². The fourth-order valence-electron chi connectivity index (χ4n) is 6.71. The molecular formula is C31H33F2O3S+. The van der Waals surface area contributed by atoms with Crippen LogP contribution in [0.2, 0.25) is 0 Å². The standard InChI is InChI=1S/C18H15S.C13H18F2O3/c1-4-10-16(11-5-1)19(17-12-6-2-7-13-17)18-14-8-3-9-15-18;14-11(15)12(16)18-6-10-9-2-7-1-8(3-9)5-13(10,17)4-7/h1-15H;7-11,17H,1-6H2/q+1;. The maximum absolute atomic E-state index is 12.1. The number of carbonyl (C=O) groups is 1. The molecule has 0 heterocycles. The number of esters is 1. The van der Waals surface area contributed by atoms with Crippen molar-refractivity contribution < 1.29 is 23.4 Å². The molecule has 1 N–H and O–H groups in total. The minimum absolute atomic E-state index is 0.0146. The van der Waals surface area contributed by atoms with E-state index in [-0.39, 0.29) is 23.4 Å².